The molecular weight excluding hydrogens is 327 g/mol. The van der Waals surface area contributed by atoms with Crippen molar-refractivity contribution in [2.75, 3.05) is 0 Å². The van der Waals surface area contributed by atoms with E-state index >= 15 is 0 Å². The molecule has 4 nitrogen and oxygen atoms in total. The van der Waals surface area contributed by atoms with Crippen molar-refractivity contribution in [3.63, 3.8) is 0 Å². The fourth-order valence-electron chi connectivity index (χ4n) is 2.15. The van der Waals surface area contributed by atoms with Crippen LogP contribution in [0.3, 0.4) is 0 Å². The smallest absolute Gasteiger partial charge is 0.277 e. The van der Waals surface area contributed by atoms with E-state index in [0.29, 0.717) is 11.1 Å². The van der Waals surface area contributed by atoms with Crippen LogP contribution < -0.4 is 4.74 Å². The number of halogens is 1. The van der Waals surface area contributed by atoms with Gasteiger partial charge in [0.2, 0.25) is 0 Å². The molecule has 2 aromatic carbocycles. The summed E-state index contributed by atoms with van der Waals surface area (Å²) >= 11 is 1.43. The van der Waals surface area contributed by atoms with Crippen molar-refractivity contribution < 1.29 is 13.5 Å². The Kier molecular flexibility index (Phi) is 5.15. The fraction of sp³-hybridized carbons (Fsp3) is 0.222. The topological polar surface area (TPSA) is 48.2 Å². The number of ether oxygens (including phenoxy) is 1. The molecule has 0 fully saturated rings. The van der Waals surface area contributed by atoms with E-state index in [1.54, 1.807) is 12.1 Å². The largest absolute Gasteiger partial charge is 0.484 e. The Morgan fingerprint density at radius 2 is 1.96 bits per heavy atom. The molecule has 1 unspecified atom stereocenters. The molecular formula is C18H17FN2O2S. The van der Waals surface area contributed by atoms with Gasteiger partial charge in [-0.1, -0.05) is 36.0 Å². The number of thioether (sulfide) groups is 1. The van der Waals surface area contributed by atoms with Gasteiger partial charge in [0.15, 0.2) is 6.61 Å². The van der Waals surface area contributed by atoms with Crippen molar-refractivity contribution in [2.45, 2.75) is 30.9 Å². The van der Waals surface area contributed by atoms with Gasteiger partial charge in [-0.15, -0.1) is 10.2 Å². The first-order valence-corrected chi connectivity index (χ1v) is 8.42. The van der Waals surface area contributed by atoms with Gasteiger partial charge in [-0.2, -0.15) is 0 Å². The van der Waals surface area contributed by atoms with Gasteiger partial charge in [-0.3, -0.25) is 0 Å². The molecule has 0 aliphatic carbocycles. The predicted octanol–water partition coefficient (Wildman–Crippen LogP) is 4.95. The van der Waals surface area contributed by atoms with Crippen molar-refractivity contribution in [1.82, 2.24) is 10.2 Å². The quantitative estimate of drug-likeness (QED) is 0.592. The van der Waals surface area contributed by atoms with Crippen molar-refractivity contribution in [1.29, 1.82) is 0 Å². The summed E-state index contributed by atoms with van der Waals surface area (Å²) in [5.41, 5.74) is 2.12. The molecule has 0 saturated heterocycles. The van der Waals surface area contributed by atoms with Crippen LogP contribution in [-0.2, 0) is 6.61 Å². The first-order chi connectivity index (χ1) is 11.6. The number of hydrogen-bond donors (Lipinski definition) is 0. The highest BCUT2D eigenvalue weighted by molar-refractivity contribution is 7.99. The Labute approximate surface area is 144 Å². The number of aromatic nitrogens is 2. The summed E-state index contributed by atoms with van der Waals surface area (Å²) in [6.07, 6.45) is 0. The Morgan fingerprint density at radius 3 is 2.71 bits per heavy atom. The van der Waals surface area contributed by atoms with Crippen LogP contribution >= 0.6 is 11.8 Å². The third-order valence-electron chi connectivity index (χ3n) is 3.42. The molecule has 0 N–H and O–H groups in total. The molecule has 0 radical (unpaired) electrons. The second kappa shape index (κ2) is 7.49. The Hall–Kier alpha value is -2.34. The molecule has 0 amide bonds. The zero-order valence-corrected chi connectivity index (χ0v) is 14.2. The van der Waals surface area contributed by atoms with Crippen molar-refractivity contribution in [3.05, 3.63) is 71.4 Å². The lowest BCUT2D eigenvalue weighted by molar-refractivity contribution is 0.252. The number of rotatable bonds is 6. The second-order valence-corrected chi connectivity index (χ2v) is 6.67. The molecule has 0 spiro atoms. The molecule has 3 rings (SSSR count). The SMILES string of the molecule is Cc1cccc(OCc2nnc(SC(C)c3ccc(F)cc3)o2)c1. The molecule has 0 aliphatic rings. The summed E-state index contributed by atoms with van der Waals surface area (Å²) in [5.74, 6) is 0.941. The summed E-state index contributed by atoms with van der Waals surface area (Å²) in [7, 11) is 0. The third kappa shape index (κ3) is 4.35. The van der Waals surface area contributed by atoms with Crippen molar-refractivity contribution in [3.8, 4) is 5.75 Å². The van der Waals surface area contributed by atoms with Crippen LogP contribution in [0.2, 0.25) is 0 Å². The lowest BCUT2D eigenvalue weighted by atomic mass is 10.2. The maximum Gasteiger partial charge on any atom is 0.277 e. The van der Waals surface area contributed by atoms with Gasteiger partial charge in [0.05, 0.1) is 0 Å². The Balaban J connectivity index is 1.58. The summed E-state index contributed by atoms with van der Waals surface area (Å²) in [6.45, 7) is 4.23. The Morgan fingerprint density at radius 1 is 1.17 bits per heavy atom. The minimum atomic E-state index is -0.246. The van der Waals surface area contributed by atoms with Crippen LogP contribution in [0.15, 0.2) is 58.2 Å². The van der Waals surface area contributed by atoms with E-state index in [2.05, 4.69) is 10.2 Å². The van der Waals surface area contributed by atoms with Crippen LogP contribution in [-0.4, -0.2) is 10.2 Å². The van der Waals surface area contributed by atoms with E-state index in [0.717, 1.165) is 16.9 Å². The molecule has 24 heavy (non-hydrogen) atoms. The zero-order valence-electron chi connectivity index (χ0n) is 13.4. The first-order valence-electron chi connectivity index (χ1n) is 7.54. The van der Waals surface area contributed by atoms with Gasteiger partial charge in [0, 0.05) is 5.25 Å². The summed E-state index contributed by atoms with van der Waals surface area (Å²) in [4.78, 5) is 0. The van der Waals surface area contributed by atoms with Gasteiger partial charge in [-0.25, -0.2) is 4.39 Å². The standard InChI is InChI=1S/C18H17FN2O2S/c1-12-4-3-5-16(10-12)22-11-17-20-21-18(23-17)24-13(2)14-6-8-15(19)9-7-14/h3-10,13H,11H2,1-2H3. The van der Waals surface area contributed by atoms with E-state index < -0.39 is 0 Å². The van der Waals surface area contributed by atoms with Crippen LogP contribution in [0.1, 0.15) is 29.2 Å². The minimum Gasteiger partial charge on any atom is -0.484 e. The molecule has 0 saturated carbocycles. The summed E-state index contributed by atoms with van der Waals surface area (Å²) in [5, 5.41) is 8.56. The number of hydrogen-bond acceptors (Lipinski definition) is 5. The minimum absolute atomic E-state index is 0.0802. The van der Waals surface area contributed by atoms with Crippen LogP contribution in [0, 0.1) is 12.7 Å². The normalized spacial score (nSPS) is 12.1. The van der Waals surface area contributed by atoms with Gasteiger partial charge < -0.3 is 9.15 Å². The average molecular weight is 344 g/mol. The van der Waals surface area contributed by atoms with Crippen LogP contribution in [0.25, 0.3) is 0 Å². The highest BCUT2D eigenvalue weighted by atomic mass is 32.2. The average Bonchev–Trinajstić information content (AvgIpc) is 3.01. The van der Waals surface area contributed by atoms with E-state index in [-0.39, 0.29) is 17.7 Å². The van der Waals surface area contributed by atoms with Crippen LogP contribution in [0.5, 0.6) is 5.75 Å². The molecule has 1 heterocycles. The maximum atomic E-state index is 13.0. The lowest BCUT2D eigenvalue weighted by Crippen LogP contribution is -1.95. The molecule has 0 bridgehead atoms. The van der Waals surface area contributed by atoms with Gasteiger partial charge in [-0.05, 0) is 49.2 Å². The first kappa shape index (κ1) is 16.5. The summed E-state index contributed by atoms with van der Waals surface area (Å²) < 4.78 is 24.2. The number of nitrogens with zero attached hydrogens (tertiary/aromatic N) is 2. The monoisotopic (exact) mass is 344 g/mol. The molecule has 1 atom stereocenters. The fourth-order valence-corrected chi connectivity index (χ4v) is 2.98. The molecule has 124 valence electrons. The van der Waals surface area contributed by atoms with Gasteiger partial charge >= 0.3 is 0 Å². The second-order valence-electron chi connectivity index (χ2n) is 5.38. The maximum absolute atomic E-state index is 13.0. The highest BCUT2D eigenvalue weighted by Crippen LogP contribution is 2.33. The predicted molar refractivity (Wildman–Crippen MR) is 90.5 cm³/mol. The van der Waals surface area contributed by atoms with Gasteiger partial charge in [0.1, 0.15) is 11.6 Å². The van der Waals surface area contributed by atoms with E-state index in [4.69, 9.17) is 9.15 Å². The van der Waals surface area contributed by atoms with E-state index in [1.165, 1.54) is 23.9 Å². The van der Waals surface area contributed by atoms with Gasteiger partial charge in [0.25, 0.3) is 11.1 Å². The van der Waals surface area contributed by atoms with E-state index in [1.807, 2.05) is 38.1 Å². The number of benzene rings is 2. The third-order valence-corrected chi connectivity index (χ3v) is 4.41. The molecule has 0 aliphatic heterocycles. The zero-order chi connectivity index (χ0) is 16.9. The van der Waals surface area contributed by atoms with Crippen molar-refractivity contribution >= 4 is 11.8 Å². The van der Waals surface area contributed by atoms with E-state index in [9.17, 15) is 4.39 Å². The highest BCUT2D eigenvalue weighted by Gasteiger charge is 2.13. The Bertz CT molecular complexity index is 805. The molecule has 1 aromatic heterocycles. The summed E-state index contributed by atoms with van der Waals surface area (Å²) in [6, 6.07) is 14.2. The molecule has 3 aromatic rings. The lowest BCUT2D eigenvalue weighted by Gasteiger charge is -2.08. The van der Waals surface area contributed by atoms with Crippen LogP contribution in [0.4, 0.5) is 4.39 Å². The number of aryl methyl sites for hydroxylation is 1. The molecule has 6 heteroatoms. The van der Waals surface area contributed by atoms with Crippen molar-refractivity contribution in [2.24, 2.45) is 0 Å².